The van der Waals surface area contributed by atoms with E-state index in [0.29, 0.717) is 12.3 Å². The van der Waals surface area contributed by atoms with E-state index in [0.717, 1.165) is 36.3 Å². The molecule has 2 aromatic rings. The van der Waals surface area contributed by atoms with Gasteiger partial charge >= 0.3 is 0 Å². The molecule has 4 nitrogen and oxygen atoms in total. The highest BCUT2D eigenvalue weighted by atomic mass is 16.1. The van der Waals surface area contributed by atoms with Crippen molar-refractivity contribution >= 4 is 5.91 Å². The first-order valence-corrected chi connectivity index (χ1v) is 9.23. The van der Waals surface area contributed by atoms with Crippen LogP contribution in [0.2, 0.25) is 0 Å². The minimum Gasteiger partial charge on any atom is -0.353 e. The second kappa shape index (κ2) is 8.84. The number of nitrogens with one attached hydrogen (secondary N) is 1. The molecule has 1 aromatic carbocycles. The summed E-state index contributed by atoms with van der Waals surface area (Å²) in [5, 5.41) is 7.72. The Morgan fingerprint density at radius 2 is 1.84 bits per heavy atom. The van der Waals surface area contributed by atoms with E-state index in [1.165, 1.54) is 5.56 Å². The van der Waals surface area contributed by atoms with Crippen LogP contribution in [0.15, 0.2) is 30.3 Å². The van der Waals surface area contributed by atoms with Crippen molar-refractivity contribution in [3.63, 3.8) is 0 Å². The highest BCUT2D eigenvalue weighted by Gasteiger charge is 2.16. The fraction of sp³-hybridized carbons (Fsp3) is 0.524. The number of nitrogens with zero attached hydrogens (tertiary/aromatic N) is 2. The summed E-state index contributed by atoms with van der Waals surface area (Å²) in [6.07, 6.45) is 2.33. The van der Waals surface area contributed by atoms with E-state index < -0.39 is 0 Å². The molecule has 136 valence electrons. The van der Waals surface area contributed by atoms with Gasteiger partial charge < -0.3 is 5.32 Å². The summed E-state index contributed by atoms with van der Waals surface area (Å²) in [5.41, 5.74) is 4.45. The van der Waals surface area contributed by atoms with E-state index in [1.54, 1.807) is 0 Å². The van der Waals surface area contributed by atoms with Gasteiger partial charge in [-0.05, 0) is 45.1 Å². The van der Waals surface area contributed by atoms with Crippen LogP contribution in [-0.2, 0) is 24.2 Å². The van der Waals surface area contributed by atoms with Crippen molar-refractivity contribution in [1.82, 2.24) is 15.1 Å². The van der Waals surface area contributed by atoms with Crippen LogP contribution in [0.1, 0.15) is 49.7 Å². The number of carbonyl (C=O) groups is 1. The van der Waals surface area contributed by atoms with Gasteiger partial charge in [-0.3, -0.25) is 9.48 Å². The Hall–Kier alpha value is -2.10. The average Bonchev–Trinajstić information content (AvgIpc) is 2.81. The smallest absolute Gasteiger partial charge is 0.224 e. The third-order valence-electron chi connectivity index (χ3n) is 4.52. The van der Waals surface area contributed by atoms with E-state index in [4.69, 9.17) is 0 Å². The third kappa shape index (κ3) is 5.73. The minimum absolute atomic E-state index is 0.0795. The van der Waals surface area contributed by atoms with Crippen molar-refractivity contribution < 1.29 is 4.79 Å². The van der Waals surface area contributed by atoms with Crippen LogP contribution in [0.4, 0.5) is 0 Å². The summed E-state index contributed by atoms with van der Waals surface area (Å²) in [6.45, 7) is 11.4. The first-order chi connectivity index (χ1) is 11.9. The predicted octanol–water partition coefficient (Wildman–Crippen LogP) is 3.84. The molecular weight excluding hydrogens is 310 g/mol. The number of hydrogen-bond acceptors (Lipinski definition) is 2. The lowest BCUT2D eigenvalue weighted by atomic mass is 10.1. The molecular formula is C21H31N3O. The molecule has 25 heavy (non-hydrogen) atoms. The quantitative estimate of drug-likeness (QED) is 0.793. The Morgan fingerprint density at radius 1 is 1.16 bits per heavy atom. The number of benzene rings is 1. The maximum Gasteiger partial charge on any atom is 0.224 e. The number of rotatable bonds is 8. The molecule has 0 spiro atoms. The van der Waals surface area contributed by atoms with E-state index in [-0.39, 0.29) is 11.9 Å². The summed E-state index contributed by atoms with van der Waals surface area (Å²) in [4.78, 5) is 12.4. The normalized spacial score (nSPS) is 12.4. The Bertz CT molecular complexity index is 689. The van der Waals surface area contributed by atoms with Crippen LogP contribution in [0.3, 0.4) is 0 Å². The summed E-state index contributed by atoms with van der Waals surface area (Å²) < 4.78 is 2.03. The van der Waals surface area contributed by atoms with Gasteiger partial charge in [0.2, 0.25) is 5.91 Å². The zero-order valence-corrected chi connectivity index (χ0v) is 16.2. The topological polar surface area (TPSA) is 46.9 Å². The van der Waals surface area contributed by atoms with E-state index in [1.807, 2.05) is 17.7 Å². The Labute approximate surface area is 151 Å². The molecule has 0 aliphatic rings. The third-order valence-corrected chi connectivity index (χ3v) is 4.52. The van der Waals surface area contributed by atoms with Crippen molar-refractivity contribution in [1.29, 1.82) is 0 Å². The minimum atomic E-state index is 0.0795. The Morgan fingerprint density at radius 3 is 2.48 bits per heavy atom. The Balaban J connectivity index is 1.88. The molecule has 0 bridgehead atoms. The number of carbonyl (C=O) groups excluding carboxylic acids is 1. The fourth-order valence-electron chi connectivity index (χ4n) is 3.10. The van der Waals surface area contributed by atoms with Crippen LogP contribution in [0.25, 0.3) is 0 Å². The Kier molecular flexibility index (Phi) is 6.80. The van der Waals surface area contributed by atoms with Gasteiger partial charge in [0.05, 0.1) is 12.1 Å². The molecule has 1 atom stereocenters. The second-order valence-electron chi connectivity index (χ2n) is 7.39. The number of aromatic nitrogens is 2. The standard InChI is InChI=1S/C21H31N3O/c1-15(2)14-24-18(5)20(17(4)23-24)13-21(25)22-16(3)11-12-19-9-7-6-8-10-19/h6-10,15-16H,11-14H2,1-5H3,(H,22,25)/t16-/m0/s1. The first-order valence-electron chi connectivity index (χ1n) is 9.23. The van der Waals surface area contributed by atoms with Crippen LogP contribution in [0, 0.1) is 19.8 Å². The highest BCUT2D eigenvalue weighted by molar-refractivity contribution is 5.79. The summed E-state index contributed by atoms with van der Waals surface area (Å²) in [6, 6.07) is 10.6. The number of hydrogen-bond donors (Lipinski definition) is 1. The molecule has 0 radical (unpaired) electrons. The molecule has 4 heteroatoms. The average molecular weight is 341 g/mol. The molecule has 0 aliphatic carbocycles. The molecule has 0 fully saturated rings. The zero-order chi connectivity index (χ0) is 18.4. The lowest BCUT2D eigenvalue weighted by Gasteiger charge is -2.14. The van der Waals surface area contributed by atoms with Crippen molar-refractivity contribution in [2.24, 2.45) is 5.92 Å². The van der Waals surface area contributed by atoms with Gasteiger partial charge in [-0.15, -0.1) is 0 Å². The maximum absolute atomic E-state index is 12.4. The SMILES string of the molecule is Cc1nn(CC(C)C)c(C)c1CC(=O)N[C@@H](C)CCc1ccccc1. The predicted molar refractivity (Wildman–Crippen MR) is 103 cm³/mol. The molecule has 2 rings (SSSR count). The van der Waals surface area contributed by atoms with Crippen molar-refractivity contribution in [2.75, 3.05) is 0 Å². The molecule has 1 amide bonds. The molecule has 0 unspecified atom stereocenters. The molecule has 1 aromatic heterocycles. The van der Waals surface area contributed by atoms with Gasteiger partial charge in [-0.25, -0.2) is 0 Å². The molecule has 0 saturated carbocycles. The molecule has 1 N–H and O–H groups in total. The fourth-order valence-corrected chi connectivity index (χ4v) is 3.10. The van der Waals surface area contributed by atoms with E-state index in [2.05, 4.69) is 62.4 Å². The van der Waals surface area contributed by atoms with Gasteiger partial charge in [-0.2, -0.15) is 5.10 Å². The monoisotopic (exact) mass is 341 g/mol. The van der Waals surface area contributed by atoms with Gasteiger partial charge in [0.15, 0.2) is 0 Å². The van der Waals surface area contributed by atoms with E-state index in [9.17, 15) is 4.79 Å². The largest absolute Gasteiger partial charge is 0.353 e. The van der Waals surface area contributed by atoms with Crippen LogP contribution < -0.4 is 5.32 Å². The maximum atomic E-state index is 12.4. The van der Waals surface area contributed by atoms with Crippen molar-refractivity contribution in [3.8, 4) is 0 Å². The number of amides is 1. The number of aryl methyl sites for hydroxylation is 2. The summed E-state index contributed by atoms with van der Waals surface area (Å²) >= 11 is 0. The van der Waals surface area contributed by atoms with Crippen molar-refractivity contribution in [2.45, 2.75) is 66.5 Å². The molecule has 1 heterocycles. The lowest BCUT2D eigenvalue weighted by molar-refractivity contribution is -0.121. The van der Waals surface area contributed by atoms with Gasteiger partial charge in [-0.1, -0.05) is 44.2 Å². The summed E-state index contributed by atoms with van der Waals surface area (Å²) in [5.74, 6) is 0.619. The molecule has 0 aliphatic heterocycles. The van der Waals surface area contributed by atoms with E-state index >= 15 is 0 Å². The second-order valence-corrected chi connectivity index (χ2v) is 7.39. The van der Waals surface area contributed by atoms with Crippen LogP contribution in [0.5, 0.6) is 0 Å². The van der Waals surface area contributed by atoms with Crippen molar-refractivity contribution in [3.05, 3.63) is 52.8 Å². The molecule has 0 saturated heterocycles. The van der Waals surface area contributed by atoms with Crippen LogP contribution in [-0.4, -0.2) is 21.7 Å². The van der Waals surface area contributed by atoms with Crippen LogP contribution >= 0.6 is 0 Å². The summed E-state index contributed by atoms with van der Waals surface area (Å²) in [7, 11) is 0. The highest BCUT2D eigenvalue weighted by Crippen LogP contribution is 2.15. The van der Waals surface area contributed by atoms with Gasteiger partial charge in [0.25, 0.3) is 0 Å². The van der Waals surface area contributed by atoms with Gasteiger partial charge in [0.1, 0.15) is 0 Å². The first kappa shape index (κ1) is 19.2. The lowest BCUT2D eigenvalue weighted by Crippen LogP contribution is -2.34. The zero-order valence-electron chi connectivity index (χ0n) is 16.2. The van der Waals surface area contributed by atoms with Gasteiger partial charge in [0, 0.05) is 23.8 Å².